The number of benzene rings is 3. The molecule has 0 saturated heterocycles. The van der Waals surface area contributed by atoms with Gasteiger partial charge in [0, 0.05) is 30.2 Å². The van der Waals surface area contributed by atoms with Gasteiger partial charge >= 0.3 is 0 Å². The molecule has 2 nitrogen and oxygen atoms in total. The molecule has 2 heteroatoms. The molecule has 1 N–H and O–H groups in total. The predicted octanol–water partition coefficient (Wildman–Crippen LogP) is 5.30. The molecule has 0 saturated carbocycles. The van der Waals surface area contributed by atoms with Crippen LogP contribution in [0.5, 0.6) is 0 Å². The maximum absolute atomic E-state index is 3.56. The molecule has 3 aromatic rings. The maximum Gasteiger partial charge on any atom is 0.0433 e. The molecule has 0 aliphatic carbocycles. The maximum atomic E-state index is 3.56. The van der Waals surface area contributed by atoms with Crippen LogP contribution >= 0.6 is 0 Å². The summed E-state index contributed by atoms with van der Waals surface area (Å²) >= 11 is 0. The van der Waals surface area contributed by atoms with E-state index in [1.165, 1.54) is 28.1 Å². The first-order valence-electron chi connectivity index (χ1n) is 8.54. The lowest BCUT2D eigenvalue weighted by Gasteiger charge is -2.31. The van der Waals surface area contributed by atoms with Crippen LogP contribution in [-0.2, 0) is 13.0 Å². The number of nitrogens with zero attached hydrogens (tertiary/aromatic N) is 1. The van der Waals surface area contributed by atoms with Crippen molar-refractivity contribution in [1.29, 1.82) is 0 Å². The molecular formula is C22H22N2. The Morgan fingerprint density at radius 1 is 0.833 bits per heavy atom. The largest absolute Gasteiger partial charge is 0.367 e. The molecule has 0 unspecified atom stereocenters. The number of anilines is 3. The third-order valence-electron chi connectivity index (χ3n) is 4.76. The van der Waals surface area contributed by atoms with Crippen molar-refractivity contribution in [2.24, 2.45) is 0 Å². The lowest BCUT2D eigenvalue weighted by Crippen LogP contribution is -2.30. The molecule has 1 heterocycles. The van der Waals surface area contributed by atoms with E-state index in [0.29, 0.717) is 0 Å². The van der Waals surface area contributed by atoms with Crippen LogP contribution in [0.4, 0.5) is 17.1 Å². The van der Waals surface area contributed by atoms with E-state index in [-0.39, 0.29) is 0 Å². The second kappa shape index (κ2) is 6.40. The van der Waals surface area contributed by atoms with Crippen molar-refractivity contribution in [2.75, 3.05) is 16.8 Å². The van der Waals surface area contributed by atoms with Crippen LogP contribution in [0.3, 0.4) is 0 Å². The number of fused-ring (bicyclic) bond motifs is 1. The molecular weight excluding hydrogens is 292 g/mol. The minimum Gasteiger partial charge on any atom is -0.367 e. The van der Waals surface area contributed by atoms with Gasteiger partial charge in [-0.05, 0) is 60.4 Å². The van der Waals surface area contributed by atoms with Crippen LogP contribution < -0.4 is 10.2 Å². The van der Waals surface area contributed by atoms with Gasteiger partial charge in [-0.1, -0.05) is 42.5 Å². The highest BCUT2D eigenvalue weighted by atomic mass is 15.1. The first kappa shape index (κ1) is 14.8. The fraction of sp³-hybridized carbons (Fsp3) is 0.182. The predicted molar refractivity (Wildman–Crippen MR) is 102 cm³/mol. The Kier molecular flexibility index (Phi) is 3.96. The fourth-order valence-electron chi connectivity index (χ4n) is 3.36. The van der Waals surface area contributed by atoms with Crippen LogP contribution in [-0.4, -0.2) is 6.54 Å². The second-order valence-corrected chi connectivity index (χ2v) is 6.43. The highest BCUT2D eigenvalue weighted by Crippen LogP contribution is 2.28. The van der Waals surface area contributed by atoms with E-state index >= 15 is 0 Å². The summed E-state index contributed by atoms with van der Waals surface area (Å²) in [6.45, 7) is 4.20. The van der Waals surface area contributed by atoms with Crippen LogP contribution in [0.25, 0.3) is 0 Å². The van der Waals surface area contributed by atoms with Crippen LogP contribution in [0.1, 0.15) is 16.7 Å². The van der Waals surface area contributed by atoms with Gasteiger partial charge in [0.15, 0.2) is 0 Å². The molecule has 3 aromatic carbocycles. The molecule has 1 aliphatic rings. The van der Waals surface area contributed by atoms with Gasteiger partial charge in [0.2, 0.25) is 0 Å². The molecule has 0 bridgehead atoms. The second-order valence-electron chi connectivity index (χ2n) is 6.43. The number of hydrogen-bond acceptors (Lipinski definition) is 2. The Labute approximate surface area is 143 Å². The molecule has 1 aliphatic heterocycles. The van der Waals surface area contributed by atoms with Gasteiger partial charge in [-0.15, -0.1) is 0 Å². The first-order valence-corrected chi connectivity index (χ1v) is 8.54. The van der Waals surface area contributed by atoms with E-state index in [0.717, 1.165) is 25.2 Å². The van der Waals surface area contributed by atoms with Gasteiger partial charge in [-0.25, -0.2) is 0 Å². The van der Waals surface area contributed by atoms with Crippen molar-refractivity contribution < 1.29 is 0 Å². The number of aryl methyl sites for hydroxylation is 1. The smallest absolute Gasteiger partial charge is 0.0433 e. The van der Waals surface area contributed by atoms with Crippen molar-refractivity contribution in [3.8, 4) is 0 Å². The van der Waals surface area contributed by atoms with Gasteiger partial charge in [0.25, 0.3) is 0 Å². The van der Waals surface area contributed by atoms with Crippen molar-refractivity contribution in [3.05, 3.63) is 89.5 Å². The molecule has 4 rings (SSSR count). The minimum atomic E-state index is 0.975. The Morgan fingerprint density at radius 3 is 2.46 bits per heavy atom. The molecule has 0 atom stereocenters. The van der Waals surface area contributed by atoms with E-state index in [1.807, 2.05) is 0 Å². The summed E-state index contributed by atoms with van der Waals surface area (Å²) in [5.74, 6) is 0. The zero-order chi connectivity index (χ0) is 16.4. The van der Waals surface area contributed by atoms with Crippen LogP contribution in [0, 0.1) is 6.92 Å². The summed E-state index contributed by atoms with van der Waals surface area (Å²) in [6, 6.07) is 25.9. The summed E-state index contributed by atoms with van der Waals surface area (Å²) in [7, 11) is 0. The molecule has 0 fully saturated rings. The highest BCUT2D eigenvalue weighted by Gasteiger charge is 2.16. The molecule has 120 valence electrons. The van der Waals surface area contributed by atoms with E-state index in [1.54, 1.807) is 0 Å². The average Bonchev–Trinajstić information content (AvgIpc) is 2.64. The first-order chi connectivity index (χ1) is 11.8. The quantitative estimate of drug-likeness (QED) is 0.705. The van der Waals surface area contributed by atoms with Gasteiger partial charge in [0.1, 0.15) is 0 Å². The highest BCUT2D eigenvalue weighted by molar-refractivity contribution is 5.64. The third-order valence-corrected chi connectivity index (χ3v) is 4.76. The van der Waals surface area contributed by atoms with Crippen molar-refractivity contribution in [1.82, 2.24) is 0 Å². The summed E-state index contributed by atoms with van der Waals surface area (Å²) < 4.78 is 0. The average molecular weight is 314 g/mol. The summed E-state index contributed by atoms with van der Waals surface area (Å²) in [5.41, 5.74) is 7.80. The lowest BCUT2D eigenvalue weighted by atomic mass is 9.98. The van der Waals surface area contributed by atoms with Gasteiger partial charge in [-0.2, -0.15) is 0 Å². The van der Waals surface area contributed by atoms with Crippen molar-refractivity contribution in [2.45, 2.75) is 19.9 Å². The summed E-state index contributed by atoms with van der Waals surface area (Å²) in [5, 5.41) is 3.56. The standard InChI is InChI=1S/C22H22N2/c1-17-7-5-6-10-22(17)23-20-12-11-18-13-14-24(16-19(18)15-20)21-8-3-2-4-9-21/h2-12,15,23H,13-14,16H2,1H3. The van der Waals surface area contributed by atoms with Crippen molar-refractivity contribution in [3.63, 3.8) is 0 Å². The fourth-order valence-corrected chi connectivity index (χ4v) is 3.36. The minimum absolute atomic E-state index is 0.975. The monoisotopic (exact) mass is 314 g/mol. The third kappa shape index (κ3) is 3.00. The zero-order valence-electron chi connectivity index (χ0n) is 14.0. The van der Waals surface area contributed by atoms with Gasteiger partial charge in [-0.3, -0.25) is 0 Å². The Balaban J connectivity index is 1.58. The Bertz CT molecular complexity index is 840. The Hall–Kier alpha value is -2.74. The summed E-state index contributed by atoms with van der Waals surface area (Å²) in [6.07, 6.45) is 1.11. The SMILES string of the molecule is Cc1ccccc1Nc1ccc2c(c1)CN(c1ccccc1)CC2. The van der Waals surface area contributed by atoms with Crippen LogP contribution in [0.2, 0.25) is 0 Å². The molecule has 0 radical (unpaired) electrons. The molecule has 0 aromatic heterocycles. The molecule has 24 heavy (non-hydrogen) atoms. The number of para-hydroxylation sites is 2. The number of nitrogens with one attached hydrogen (secondary N) is 1. The van der Waals surface area contributed by atoms with Gasteiger partial charge < -0.3 is 10.2 Å². The topological polar surface area (TPSA) is 15.3 Å². The van der Waals surface area contributed by atoms with Gasteiger partial charge in [0.05, 0.1) is 0 Å². The zero-order valence-corrected chi connectivity index (χ0v) is 14.0. The van der Waals surface area contributed by atoms with E-state index in [4.69, 9.17) is 0 Å². The van der Waals surface area contributed by atoms with E-state index in [2.05, 4.69) is 89.9 Å². The lowest BCUT2D eigenvalue weighted by molar-refractivity contribution is 0.732. The van der Waals surface area contributed by atoms with Crippen LogP contribution in [0.15, 0.2) is 72.8 Å². The number of rotatable bonds is 3. The van der Waals surface area contributed by atoms with E-state index in [9.17, 15) is 0 Å². The van der Waals surface area contributed by atoms with E-state index < -0.39 is 0 Å². The molecule has 0 amide bonds. The Morgan fingerprint density at radius 2 is 1.62 bits per heavy atom. The summed E-state index contributed by atoms with van der Waals surface area (Å²) in [4.78, 5) is 2.46. The molecule has 0 spiro atoms. The normalized spacial score (nSPS) is 13.5. The van der Waals surface area contributed by atoms with Crippen molar-refractivity contribution >= 4 is 17.1 Å². The number of hydrogen-bond donors (Lipinski definition) is 1.